The molecule has 1 amide bonds. The molecule has 0 saturated heterocycles. The molecule has 0 unspecified atom stereocenters. The average Bonchev–Trinajstić information content (AvgIpc) is 2.88. The molecule has 0 atom stereocenters. The molecule has 0 bridgehead atoms. The highest BCUT2D eigenvalue weighted by atomic mass is 19.1. The lowest BCUT2D eigenvalue weighted by Crippen LogP contribution is -2.25. The molecular weight excluding hydrogens is 323 g/mol. The maximum atomic E-state index is 13.4. The quantitative estimate of drug-likeness (QED) is 0.746. The zero-order valence-electron chi connectivity index (χ0n) is 14.1. The lowest BCUT2D eigenvalue weighted by Gasteiger charge is -2.06. The van der Waals surface area contributed by atoms with E-state index >= 15 is 0 Å². The maximum Gasteiger partial charge on any atom is 0.251 e. The Hall–Kier alpha value is -2.89. The van der Waals surface area contributed by atoms with Crippen LogP contribution in [0.15, 0.2) is 39.5 Å². The van der Waals surface area contributed by atoms with Gasteiger partial charge in [0.25, 0.3) is 5.91 Å². The monoisotopic (exact) mass is 342 g/mol. The fourth-order valence-electron chi connectivity index (χ4n) is 2.81. The predicted octanol–water partition coefficient (Wildman–Crippen LogP) is 3.45. The standard InChI is InChI=1S/C19H19FN2O3/c1-3-4-14-7-12(8-18(23)22-14)19(24)21-10-17-11(2)15-9-13(20)5-6-16(15)25-17/h5-9H,3-4,10H2,1-2H3,(H,21,24)(H,22,23). The molecule has 2 heterocycles. The van der Waals surface area contributed by atoms with Gasteiger partial charge in [0.2, 0.25) is 5.56 Å². The van der Waals surface area contributed by atoms with Crippen molar-refractivity contribution >= 4 is 16.9 Å². The Labute approximate surface area is 143 Å². The molecule has 6 heteroatoms. The topological polar surface area (TPSA) is 75.1 Å². The number of aromatic nitrogens is 1. The first kappa shape index (κ1) is 17.0. The van der Waals surface area contributed by atoms with Crippen molar-refractivity contribution in [3.05, 3.63) is 69.1 Å². The first-order chi connectivity index (χ1) is 12.0. The minimum Gasteiger partial charge on any atom is -0.459 e. The van der Waals surface area contributed by atoms with E-state index in [2.05, 4.69) is 10.3 Å². The van der Waals surface area contributed by atoms with Gasteiger partial charge in [0, 0.05) is 28.3 Å². The summed E-state index contributed by atoms with van der Waals surface area (Å²) in [5.41, 5.74) is 2.10. The van der Waals surface area contributed by atoms with Gasteiger partial charge in [-0.3, -0.25) is 9.59 Å². The van der Waals surface area contributed by atoms with Crippen LogP contribution in [0.25, 0.3) is 11.0 Å². The van der Waals surface area contributed by atoms with Crippen LogP contribution in [-0.4, -0.2) is 10.9 Å². The number of aryl methyl sites for hydroxylation is 2. The first-order valence-corrected chi connectivity index (χ1v) is 8.17. The van der Waals surface area contributed by atoms with Crippen molar-refractivity contribution in [2.45, 2.75) is 33.2 Å². The summed E-state index contributed by atoms with van der Waals surface area (Å²) in [5, 5.41) is 3.43. The van der Waals surface area contributed by atoms with Crippen LogP contribution in [0.2, 0.25) is 0 Å². The molecule has 2 N–H and O–H groups in total. The molecule has 0 aliphatic rings. The number of halogens is 1. The Kier molecular flexibility index (Phi) is 4.70. The number of aromatic amines is 1. The highest BCUT2D eigenvalue weighted by Crippen LogP contribution is 2.25. The molecule has 1 aromatic carbocycles. The molecular formula is C19H19FN2O3. The second-order valence-electron chi connectivity index (χ2n) is 5.98. The highest BCUT2D eigenvalue weighted by Gasteiger charge is 2.13. The van der Waals surface area contributed by atoms with Crippen molar-refractivity contribution in [2.75, 3.05) is 0 Å². The number of furan rings is 1. The van der Waals surface area contributed by atoms with Crippen molar-refractivity contribution in [1.29, 1.82) is 0 Å². The third-order valence-electron chi connectivity index (χ3n) is 4.09. The fourth-order valence-corrected chi connectivity index (χ4v) is 2.81. The van der Waals surface area contributed by atoms with Crippen molar-refractivity contribution in [3.63, 3.8) is 0 Å². The number of amides is 1. The number of carbonyl (C=O) groups excluding carboxylic acids is 1. The molecule has 130 valence electrons. The third-order valence-corrected chi connectivity index (χ3v) is 4.09. The van der Waals surface area contributed by atoms with E-state index in [0.29, 0.717) is 28.7 Å². The summed E-state index contributed by atoms with van der Waals surface area (Å²) in [7, 11) is 0. The number of hydrogen-bond donors (Lipinski definition) is 2. The zero-order chi connectivity index (χ0) is 18.0. The van der Waals surface area contributed by atoms with Gasteiger partial charge in [-0.05, 0) is 37.6 Å². The van der Waals surface area contributed by atoms with Crippen LogP contribution in [-0.2, 0) is 13.0 Å². The molecule has 25 heavy (non-hydrogen) atoms. The van der Waals surface area contributed by atoms with Crippen LogP contribution >= 0.6 is 0 Å². The van der Waals surface area contributed by atoms with Gasteiger partial charge in [0.15, 0.2) is 0 Å². The van der Waals surface area contributed by atoms with Gasteiger partial charge in [0.1, 0.15) is 17.2 Å². The van der Waals surface area contributed by atoms with Crippen molar-refractivity contribution in [3.8, 4) is 0 Å². The summed E-state index contributed by atoms with van der Waals surface area (Å²) in [6.07, 6.45) is 1.57. The molecule has 3 rings (SSSR count). The number of pyridine rings is 1. The molecule has 0 saturated carbocycles. The second kappa shape index (κ2) is 6.93. The fraction of sp³-hybridized carbons (Fsp3) is 0.263. The van der Waals surface area contributed by atoms with Gasteiger partial charge < -0.3 is 14.7 Å². The van der Waals surface area contributed by atoms with Crippen LogP contribution in [0.5, 0.6) is 0 Å². The maximum absolute atomic E-state index is 13.4. The lowest BCUT2D eigenvalue weighted by atomic mass is 10.1. The van der Waals surface area contributed by atoms with E-state index in [1.54, 1.807) is 12.1 Å². The van der Waals surface area contributed by atoms with E-state index in [4.69, 9.17) is 4.42 Å². The Morgan fingerprint density at radius 2 is 2.08 bits per heavy atom. The first-order valence-electron chi connectivity index (χ1n) is 8.17. The Morgan fingerprint density at radius 1 is 1.28 bits per heavy atom. The van der Waals surface area contributed by atoms with E-state index in [1.165, 1.54) is 18.2 Å². The third kappa shape index (κ3) is 3.63. The molecule has 5 nitrogen and oxygen atoms in total. The van der Waals surface area contributed by atoms with Crippen LogP contribution in [0.3, 0.4) is 0 Å². The minimum atomic E-state index is -0.352. The summed E-state index contributed by atoms with van der Waals surface area (Å²) >= 11 is 0. The molecule has 0 spiro atoms. The van der Waals surface area contributed by atoms with Crippen LogP contribution in [0.4, 0.5) is 4.39 Å². The number of rotatable bonds is 5. The normalized spacial score (nSPS) is 11.0. The summed E-state index contributed by atoms with van der Waals surface area (Å²) in [6, 6.07) is 7.26. The number of nitrogens with one attached hydrogen (secondary N) is 2. The molecule has 0 aliphatic heterocycles. The SMILES string of the molecule is CCCc1cc(C(=O)NCc2oc3ccc(F)cc3c2C)cc(=O)[nH]1. The molecule has 2 aromatic heterocycles. The van der Waals surface area contributed by atoms with Gasteiger partial charge in [-0.25, -0.2) is 4.39 Å². The van der Waals surface area contributed by atoms with Gasteiger partial charge in [0.05, 0.1) is 6.54 Å². The summed E-state index contributed by atoms with van der Waals surface area (Å²) in [4.78, 5) is 26.7. The Balaban J connectivity index is 1.79. The van der Waals surface area contributed by atoms with E-state index in [0.717, 1.165) is 17.7 Å². The Morgan fingerprint density at radius 3 is 2.84 bits per heavy atom. The largest absolute Gasteiger partial charge is 0.459 e. The second-order valence-corrected chi connectivity index (χ2v) is 5.98. The summed E-state index contributed by atoms with van der Waals surface area (Å²) in [5.74, 6) is -0.124. The summed E-state index contributed by atoms with van der Waals surface area (Å²) < 4.78 is 19.0. The van der Waals surface area contributed by atoms with E-state index in [9.17, 15) is 14.0 Å². The molecule has 0 aliphatic carbocycles. The van der Waals surface area contributed by atoms with E-state index < -0.39 is 0 Å². The highest BCUT2D eigenvalue weighted by molar-refractivity contribution is 5.94. The smallest absolute Gasteiger partial charge is 0.251 e. The van der Waals surface area contributed by atoms with Gasteiger partial charge in [-0.1, -0.05) is 13.3 Å². The van der Waals surface area contributed by atoms with Crippen LogP contribution < -0.4 is 10.9 Å². The lowest BCUT2D eigenvalue weighted by molar-refractivity contribution is 0.0948. The van der Waals surface area contributed by atoms with Crippen molar-refractivity contribution < 1.29 is 13.6 Å². The predicted molar refractivity (Wildman–Crippen MR) is 93.1 cm³/mol. The van der Waals surface area contributed by atoms with E-state index in [1.807, 2.05) is 13.8 Å². The number of fused-ring (bicyclic) bond motifs is 1. The van der Waals surface area contributed by atoms with Crippen LogP contribution in [0.1, 0.15) is 40.7 Å². The zero-order valence-corrected chi connectivity index (χ0v) is 14.1. The number of carbonyl (C=O) groups is 1. The number of hydrogen-bond acceptors (Lipinski definition) is 3. The minimum absolute atomic E-state index is 0.164. The van der Waals surface area contributed by atoms with Crippen molar-refractivity contribution in [1.82, 2.24) is 10.3 Å². The number of H-pyrrole nitrogens is 1. The molecule has 0 radical (unpaired) electrons. The van der Waals surface area contributed by atoms with E-state index in [-0.39, 0.29) is 23.8 Å². The van der Waals surface area contributed by atoms with Gasteiger partial charge in [-0.15, -0.1) is 0 Å². The molecule has 3 aromatic rings. The number of benzene rings is 1. The molecule has 0 fully saturated rings. The van der Waals surface area contributed by atoms with Gasteiger partial charge >= 0.3 is 0 Å². The van der Waals surface area contributed by atoms with Crippen molar-refractivity contribution in [2.24, 2.45) is 0 Å². The van der Waals surface area contributed by atoms with Gasteiger partial charge in [-0.2, -0.15) is 0 Å². The Bertz CT molecular complexity index is 988. The van der Waals surface area contributed by atoms with Crippen LogP contribution in [0, 0.1) is 12.7 Å². The average molecular weight is 342 g/mol. The summed E-state index contributed by atoms with van der Waals surface area (Å²) in [6.45, 7) is 3.98.